The van der Waals surface area contributed by atoms with E-state index in [2.05, 4.69) is 9.97 Å². The molecule has 2 heterocycles. The number of hydrogen-bond donors (Lipinski definition) is 2. The topological polar surface area (TPSA) is 119 Å². The molecule has 3 N–H and O–H groups in total. The fraction of sp³-hybridized carbons (Fsp3) is 0.478. The van der Waals surface area contributed by atoms with E-state index in [-0.39, 0.29) is 47.9 Å². The van der Waals surface area contributed by atoms with Crippen LogP contribution in [0.25, 0.3) is 0 Å². The number of thioether (sulfide) groups is 1. The number of aromatic nitrogens is 2. The number of carbonyl (C=O) groups is 2. The normalized spacial score (nSPS) is 20.7. The first kappa shape index (κ1) is 25.1. The van der Waals surface area contributed by atoms with E-state index in [1.165, 1.54) is 4.90 Å². The predicted molar refractivity (Wildman–Crippen MR) is 124 cm³/mol. The summed E-state index contributed by atoms with van der Waals surface area (Å²) < 4.78 is 43.2. The number of carboxylic acid groups (broad SMARTS) is 1. The van der Waals surface area contributed by atoms with E-state index in [4.69, 9.17) is 15.6 Å². The van der Waals surface area contributed by atoms with Gasteiger partial charge in [0.2, 0.25) is 5.88 Å². The molecule has 1 fully saturated rings. The lowest BCUT2D eigenvalue weighted by molar-refractivity contribution is -0.138. The van der Waals surface area contributed by atoms with E-state index in [1.807, 2.05) is 24.3 Å². The SMILES string of the molecule is Nc1nc(SCC(F)(F)F)nc2c1C(=O)N(c1ccc(C3CCC(CC(=O)O)CC3)cc1)CCO2. The highest BCUT2D eigenvalue weighted by Gasteiger charge is 2.32. The van der Waals surface area contributed by atoms with Crippen LogP contribution in [0.4, 0.5) is 24.7 Å². The number of nitrogens with zero attached hydrogens (tertiary/aromatic N) is 3. The van der Waals surface area contributed by atoms with E-state index in [0.29, 0.717) is 23.4 Å². The molecule has 4 rings (SSSR count). The zero-order valence-electron chi connectivity index (χ0n) is 18.8. The number of alkyl halides is 3. The first-order valence-corrected chi connectivity index (χ1v) is 12.2. The summed E-state index contributed by atoms with van der Waals surface area (Å²) in [6.07, 6.45) is -0.595. The van der Waals surface area contributed by atoms with Gasteiger partial charge in [0.05, 0.1) is 12.3 Å². The number of anilines is 2. The maximum atomic E-state index is 13.2. The molecule has 1 aliphatic heterocycles. The van der Waals surface area contributed by atoms with Crippen molar-refractivity contribution in [1.29, 1.82) is 0 Å². The van der Waals surface area contributed by atoms with Crippen molar-refractivity contribution in [2.75, 3.05) is 29.5 Å². The van der Waals surface area contributed by atoms with Crippen molar-refractivity contribution in [1.82, 2.24) is 9.97 Å². The molecular weight excluding hydrogens is 485 g/mol. The molecule has 2 aliphatic rings. The average Bonchev–Trinajstić information content (AvgIpc) is 2.96. The molecule has 0 saturated heterocycles. The van der Waals surface area contributed by atoms with Gasteiger partial charge in [-0.2, -0.15) is 18.2 Å². The van der Waals surface area contributed by atoms with Gasteiger partial charge in [0.15, 0.2) is 5.16 Å². The Balaban J connectivity index is 1.47. The minimum Gasteiger partial charge on any atom is -0.481 e. The summed E-state index contributed by atoms with van der Waals surface area (Å²) >= 11 is 0.376. The minimum atomic E-state index is -4.40. The summed E-state index contributed by atoms with van der Waals surface area (Å²) in [6.45, 7) is 0.299. The number of halogens is 3. The molecule has 8 nitrogen and oxygen atoms in total. The lowest BCUT2D eigenvalue weighted by atomic mass is 9.77. The largest absolute Gasteiger partial charge is 0.481 e. The lowest BCUT2D eigenvalue weighted by Gasteiger charge is -2.28. The van der Waals surface area contributed by atoms with Crippen molar-refractivity contribution in [3.05, 3.63) is 35.4 Å². The molecule has 2 aromatic rings. The maximum Gasteiger partial charge on any atom is 0.398 e. The lowest BCUT2D eigenvalue weighted by Crippen LogP contribution is -2.32. The first-order valence-electron chi connectivity index (χ1n) is 11.2. The second kappa shape index (κ2) is 10.3. The number of rotatable bonds is 6. The third kappa shape index (κ3) is 6.16. The van der Waals surface area contributed by atoms with Crippen LogP contribution in [0.3, 0.4) is 0 Å². The highest BCUT2D eigenvalue weighted by atomic mass is 32.2. The molecule has 1 aromatic carbocycles. The second-order valence-corrected chi connectivity index (χ2v) is 9.63. The van der Waals surface area contributed by atoms with Crippen LogP contribution in [0.1, 0.15) is 53.9 Å². The van der Waals surface area contributed by atoms with Crippen LogP contribution >= 0.6 is 11.8 Å². The Hall–Kier alpha value is -3.02. The Labute approximate surface area is 204 Å². The highest BCUT2D eigenvalue weighted by molar-refractivity contribution is 7.99. The van der Waals surface area contributed by atoms with Crippen molar-refractivity contribution >= 4 is 35.1 Å². The molecule has 1 amide bonds. The molecule has 0 unspecified atom stereocenters. The van der Waals surface area contributed by atoms with Crippen LogP contribution in [-0.2, 0) is 4.79 Å². The van der Waals surface area contributed by atoms with Crippen LogP contribution in [0.2, 0.25) is 0 Å². The van der Waals surface area contributed by atoms with E-state index < -0.39 is 23.8 Å². The van der Waals surface area contributed by atoms with Crippen LogP contribution in [-0.4, -0.2) is 52.0 Å². The molecule has 0 radical (unpaired) electrons. The van der Waals surface area contributed by atoms with Gasteiger partial charge in [-0.1, -0.05) is 23.9 Å². The third-order valence-corrected chi connectivity index (χ3v) is 7.16. The Kier molecular flexibility index (Phi) is 7.39. The van der Waals surface area contributed by atoms with Gasteiger partial charge in [-0.05, 0) is 55.2 Å². The molecule has 0 bridgehead atoms. The van der Waals surface area contributed by atoms with Crippen molar-refractivity contribution in [3.8, 4) is 5.88 Å². The van der Waals surface area contributed by atoms with Gasteiger partial charge in [-0.3, -0.25) is 9.59 Å². The Morgan fingerprint density at radius 2 is 1.86 bits per heavy atom. The van der Waals surface area contributed by atoms with Crippen molar-refractivity contribution in [2.45, 2.75) is 49.4 Å². The average molecular weight is 511 g/mol. The van der Waals surface area contributed by atoms with Gasteiger partial charge in [0, 0.05) is 12.1 Å². The second-order valence-electron chi connectivity index (χ2n) is 8.69. The maximum absolute atomic E-state index is 13.2. The monoisotopic (exact) mass is 510 g/mol. The number of aliphatic carboxylic acids is 1. The molecule has 0 atom stereocenters. The standard InChI is InChI=1S/C23H25F3N4O4S/c24-23(25,26)12-35-22-28-19(27)18-20(29-22)34-10-9-30(21(18)33)16-7-5-15(6-8-16)14-3-1-13(2-4-14)11-17(31)32/h5-8,13-14H,1-4,9-12H2,(H,31,32)(H2,27,28,29). The van der Waals surface area contributed by atoms with Gasteiger partial charge in [0.25, 0.3) is 5.91 Å². The molecular formula is C23H25F3N4O4S. The molecule has 1 aliphatic carbocycles. The van der Waals surface area contributed by atoms with Gasteiger partial charge < -0.3 is 20.5 Å². The van der Waals surface area contributed by atoms with Gasteiger partial charge in [-0.25, -0.2) is 4.98 Å². The number of carboxylic acids is 1. The van der Waals surface area contributed by atoms with Gasteiger partial charge in [-0.15, -0.1) is 0 Å². The van der Waals surface area contributed by atoms with Crippen molar-refractivity contribution < 1.29 is 32.6 Å². The van der Waals surface area contributed by atoms with Crippen molar-refractivity contribution in [3.63, 3.8) is 0 Å². The zero-order valence-corrected chi connectivity index (χ0v) is 19.6. The van der Waals surface area contributed by atoms with Crippen molar-refractivity contribution in [2.24, 2.45) is 5.92 Å². The summed E-state index contributed by atoms with van der Waals surface area (Å²) in [4.78, 5) is 33.5. The number of nitrogen functional groups attached to an aromatic ring is 1. The smallest absolute Gasteiger partial charge is 0.398 e. The summed E-state index contributed by atoms with van der Waals surface area (Å²) in [6, 6.07) is 7.61. The van der Waals surface area contributed by atoms with Gasteiger partial charge in [0.1, 0.15) is 18.0 Å². The molecule has 188 valence electrons. The Bertz CT molecular complexity index is 1090. The summed E-state index contributed by atoms with van der Waals surface area (Å²) in [7, 11) is 0. The molecule has 0 spiro atoms. The van der Waals surface area contributed by atoms with Gasteiger partial charge >= 0.3 is 12.1 Å². The van der Waals surface area contributed by atoms with Crippen LogP contribution in [0.15, 0.2) is 29.4 Å². The fourth-order valence-corrected chi connectivity index (χ4v) is 5.15. The van der Waals surface area contributed by atoms with E-state index in [0.717, 1.165) is 31.2 Å². The van der Waals surface area contributed by atoms with E-state index in [9.17, 15) is 22.8 Å². The number of fused-ring (bicyclic) bond motifs is 1. The quantitative estimate of drug-likeness (QED) is 0.431. The van der Waals surface area contributed by atoms with Crippen LogP contribution in [0.5, 0.6) is 5.88 Å². The summed E-state index contributed by atoms with van der Waals surface area (Å²) in [5, 5.41) is 8.78. The fourth-order valence-electron chi connectivity index (χ4n) is 4.54. The molecule has 35 heavy (non-hydrogen) atoms. The minimum absolute atomic E-state index is 0.0697. The van der Waals surface area contributed by atoms with Crippen LogP contribution < -0.4 is 15.4 Å². The number of carbonyl (C=O) groups excluding carboxylic acids is 1. The number of ether oxygens (including phenoxy) is 1. The number of hydrogen-bond acceptors (Lipinski definition) is 7. The Morgan fingerprint density at radius 1 is 1.17 bits per heavy atom. The number of benzene rings is 1. The molecule has 1 saturated carbocycles. The number of amides is 1. The third-order valence-electron chi connectivity index (χ3n) is 6.25. The highest BCUT2D eigenvalue weighted by Crippen LogP contribution is 2.38. The first-order chi connectivity index (χ1) is 16.6. The van der Waals surface area contributed by atoms with E-state index >= 15 is 0 Å². The predicted octanol–water partition coefficient (Wildman–Crippen LogP) is 4.50. The molecule has 12 heteroatoms. The molecule has 1 aromatic heterocycles. The number of nitrogens with two attached hydrogens (primary N) is 1. The van der Waals surface area contributed by atoms with Crippen LogP contribution in [0, 0.1) is 5.92 Å². The van der Waals surface area contributed by atoms with E-state index in [1.54, 1.807) is 0 Å². The Morgan fingerprint density at radius 3 is 2.49 bits per heavy atom. The zero-order chi connectivity index (χ0) is 25.2. The summed E-state index contributed by atoms with van der Waals surface area (Å²) in [5.41, 5.74) is 7.63. The summed E-state index contributed by atoms with van der Waals surface area (Å²) in [5.74, 6) is -2.21.